The van der Waals surface area contributed by atoms with E-state index in [9.17, 15) is 0 Å². The van der Waals surface area contributed by atoms with E-state index in [2.05, 4.69) is 22.9 Å². The molecule has 1 aromatic rings. The second-order valence-corrected chi connectivity index (χ2v) is 3.72. The van der Waals surface area contributed by atoms with Gasteiger partial charge in [0.1, 0.15) is 5.69 Å². The third-order valence-electron chi connectivity index (χ3n) is 2.26. The van der Waals surface area contributed by atoms with Crippen LogP contribution in [0.3, 0.4) is 0 Å². The van der Waals surface area contributed by atoms with Gasteiger partial charge in [0.25, 0.3) is 0 Å². The van der Waals surface area contributed by atoms with Crippen molar-refractivity contribution in [2.45, 2.75) is 30.7 Å². The average molecular weight is 185 g/mol. The zero-order chi connectivity index (χ0) is 8.55. The summed E-state index contributed by atoms with van der Waals surface area (Å²) in [5, 5.41) is 16.9. The smallest absolute Gasteiger partial charge is 0.108 e. The molecule has 5 heteroatoms. The minimum Gasteiger partial charge on any atom is -0.390 e. The van der Waals surface area contributed by atoms with Gasteiger partial charge in [-0.15, -0.1) is 5.10 Å². The number of hydrogen-bond donors (Lipinski definition) is 2. The first-order valence-corrected chi connectivity index (χ1v) is 4.52. The van der Waals surface area contributed by atoms with E-state index in [1.807, 2.05) is 0 Å². The number of aliphatic hydroxyl groups excluding tert-OH is 1. The summed E-state index contributed by atoms with van der Waals surface area (Å²) in [7, 11) is 0. The lowest BCUT2D eigenvalue weighted by atomic mass is 9.92. The molecule has 1 aromatic heterocycles. The predicted octanol–water partition coefficient (Wildman–Crippen LogP) is 0.404. The van der Waals surface area contributed by atoms with Gasteiger partial charge >= 0.3 is 0 Å². The summed E-state index contributed by atoms with van der Waals surface area (Å²) < 4.78 is 1.80. The average Bonchev–Trinajstić information content (AvgIpc) is 2.50. The molecule has 1 N–H and O–H groups in total. The summed E-state index contributed by atoms with van der Waals surface area (Å²) >= 11 is 4.38. The van der Waals surface area contributed by atoms with Crippen LogP contribution in [0.2, 0.25) is 0 Å². The van der Waals surface area contributed by atoms with Gasteiger partial charge in [-0.05, 0) is 12.8 Å². The SMILES string of the molecule is OCc1cn(C2CCC2S)nn1. The monoisotopic (exact) mass is 185 g/mol. The van der Waals surface area contributed by atoms with Gasteiger partial charge < -0.3 is 5.11 Å². The van der Waals surface area contributed by atoms with Crippen LogP contribution in [-0.2, 0) is 6.61 Å². The highest BCUT2D eigenvalue weighted by atomic mass is 32.1. The fourth-order valence-electron chi connectivity index (χ4n) is 1.32. The highest BCUT2D eigenvalue weighted by molar-refractivity contribution is 7.81. The minimum atomic E-state index is -0.0377. The maximum Gasteiger partial charge on any atom is 0.108 e. The van der Waals surface area contributed by atoms with Crippen molar-refractivity contribution in [2.24, 2.45) is 0 Å². The lowest BCUT2D eigenvalue weighted by Crippen LogP contribution is -2.30. The molecule has 2 rings (SSSR count). The van der Waals surface area contributed by atoms with Crippen LogP contribution in [0.1, 0.15) is 24.6 Å². The van der Waals surface area contributed by atoms with Gasteiger partial charge in [-0.25, -0.2) is 4.68 Å². The van der Waals surface area contributed by atoms with Gasteiger partial charge in [0, 0.05) is 5.25 Å². The molecule has 0 radical (unpaired) electrons. The maximum absolute atomic E-state index is 8.75. The van der Waals surface area contributed by atoms with Gasteiger partial charge in [0.2, 0.25) is 0 Å². The summed E-state index contributed by atoms with van der Waals surface area (Å²) in [5.74, 6) is 0. The Labute approximate surface area is 76.0 Å². The van der Waals surface area contributed by atoms with E-state index in [0.29, 0.717) is 17.0 Å². The van der Waals surface area contributed by atoms with Gasteiger partial charge in [-0.2, -0.15) is 12.6 Å². The third-order valence-corrected chi connectivity index (χ3v) is 2.86. The molecule has 0 bridgehead atoms. The molecule has 1 aliphatic carbocycles. The lowest BCUT2D eigenvalue weighted by molar-refractivity contribution is 0.276. The van der Waals surface area contributed by atoms with E-state index in [0.717, 1.165) is 12.8 Å². The van der Waals surface area contributed by atoms with Crippen molar-refractivity contribution < 1.29 is 5.11 Å². The number of thiol groups is 1. The maximum atomic E-state index is 8.75. The topological polar surface area (TPSA) is 50.9 Å². The normalized spacial score (nSPS) is 28.5. The van der Waals surface area contributed by atoms with Gasteiger partial charge in [0.05, 0.1) is 18.8 Å². The summed E-state index contributed by atoms with van der Waals surface area (Å²) in [5.41, 5.74) is 0.627. The molecule has 1 aliphatic rings. The van der Waals surface area contributed by atoms with Crippen LogP contribution in [0.15, 0.2) is 6.20 Å². The Balaban J connectivity index is 2.12. The van der Waals surface area contributed by atoms with Crippen LogP contribution in [0.25, 0.3) is 0 Å². The van der Waals surface area contributed by atoms with Crippen LogP contribution >= 0.6 is 12.6 Å². The van der Waals surface area contributed by atoms with Crippen molar-refractivity contribution in [3.63, 3.8) is 0 Å². The molecule has 0 aliphatic heterocycles. The first-order valence-electron chi connectivity index (χ1n) is 4.01. The second kappa shape index (κ2) is 3.06. The molecule has 0 aromatic carbocycles. The largest absolute Gasteiger partial charge is 0.390 e. The first-order chi connectivity index (χ1) is 5.81. The Morgan fingerprint density at radius 2 is 2.50 bits per heavy atom. The molecule has 2 unspecified atom stereocenters. The lowest BCUT2D eigenvalue weighted by Gasteiger charge is -2.32. The van der Waals surface area contributed by atoms with E-state index in [1.165, 1.54) is 0 Å². The molecule has 0 saturated heterocycles. The Morgan fingerprint density at radius 3 is 2.92 bits per heavy atom. The number of hydrogen-bond acceptors (Lipinski definition) is 4. The number of aliphatic hydroxyl groups is 1. The van der Waals surface area contributed by atoms with E-state index in [1.54, 1.807) is 10.9 Å². The second-order valence-electron chi connectivity index (χ2n) is 3.06. The van der Waals surface area contributed by atoms with Crippen LogP contribution < -0.4 is 0 Å². The molecule has 4 nitrogen and oxygen atoms in total. The number of rotatable bonds is 2. The summed E-state index contributed by atoms with van der Waals surface area (Å²) in [6, 6.07) is 0.376. The summed E-state index contributed by atoms with van der Waals surface area (Å²) in [4.78, 5) is 0. The standard InChI is InChI=1S/C7H11N3OS/c11-4-5-3-10(9-8-5)6-1-2-7(6)12/h3,6-7,11-12H,1-2,4H2. The zero-order valence-electron chi connectivity index (χ0n) is 6.59. The highest BCUT2D eigenvalue weighted by Gasteiger charge is 2.30. The van der Waals surface area contributed by atoms with Crippen molar-refractivity contribution in [3.05, 3.63) is 11.9 Å². The van der Waals surface area contributed by atoms with Crippen molar-refractivity contribution >= 4 is 12.6 Å². The molecule has 1 saturated carbocycles. The van der Waals surface area contributed by atoms with Crippen molar-refractivity contribution in [3.8, 4) is 0 Å². The first kappa shape index (κ1) is 8.07. The van der Waals surface area contributed by atoms with E-state index in [-0.39, 0.29) is 6.61 Å². The Kier molecular flexibility index (Phi) is 2.06. The van der Waals surface area contributed by atoms with Crippen LogP contribution in [0.5, 0.6) is 0 Å². The van der Waals surface area contributed by atoms with E-state index < -0.39 is 0 Å². The number of aromatic nitrogens is 3. The van der Waals surface area contributed by atoms with Crippen molar-refractivity contribution in [2.75, 3.05) is 0 Å². The molecule has 1 heterocycles. The number of nitrogens with zero attached hydrogens (tertiary/aromatic N) is 3. The summed E-state index contributed by atoms with van der Waals surface area (Å²) in [6.07, 6.45) is 4.04. The third kappa shape index (κ3) is 1.23. The molecule has 2 atom stereocenters. The molecule has 12 heavy (non-hydrogen) atoms. The Bertz CT molecular complexity index is 275. The molecule has 0 amide bonds. The fourth-order valence-corrected chi connectivity index (χ4v) is 1.76. The van der Waals surface area contributed by atoms with Crippen LogP contribution in [0.4, 0.5) is 0 Å². The van der Waals surface area contributed by atoms with Gasteiger partial charge in [0.15, 0.2) is 0 Å². The molecular formula is C7H11N3OS. The van der Waals surface area contributed by atoms with Crippen LogP contribution in [-0.4, -0.2) is 25.4 Å². The molecule has 0 spiro atoms. The minimum absolute atomic E-state index is 0.0377. The highest BCUT2D eigenvalue weighted by Crippen LogP contribution is 2.35. The van der Waals surface area contributed by atoms with E-state index in [4.69, 9.17) is 5.11 Å². The fraction of sp³-hybridized carbons (Fsp3) is 0.714. The Hall–Kier alpha value is -0.550. The predicted molar refractivity (Wildman–Crippen MR) is 47.0 cm³/mol. The van der Waals surface area contributed by atoms with Crippen molar-refractivity contribution in [1.29, 1.82) is 0 Å². The molecule has 1 fully saturated rings. The van der Waals surface area contributed by atoms with Gasteiger partial charge in [-0.1, -0.05) is 5.21 Å². The van der Waals surface area contributed by atoms with Crippen molar-refractivity contribution in [1.82, 2.24) is 15.0 Å². The summed E-state index contributed by atoms with van der Waals surface area (Å²) in [6.45, 7) is -0.0377. The van der Waals surface area contributed by atoms with Gasteiger partial charge in [-0.3, -0.25) is 0 Å². The Morgan fingerprint density at radius 1 is 1.67 bits per heavy atom. The zero-order valence-corrected chi connectivity index (χ0v) is 7.48. The van der Waals surface area contributed by atoms with Crippen LogP contribution in [0, 0.1) is 0 Å². The quantitative estimate of drug-likeness (QED) is 0.656. The molecular weight excluding hydrogens is 174 g/mol. The van der Waals surface area contributed by atoms with E-state index >= 15 is 0 Å². The molecule has 66 valence electrons.